The van der Waals surface area contributed by atoms with Crippen molar-refractivity contribution in [3.8, 4) is 11.5 Å². The highest BCUT2D eigenvalue weighted by molar-refractivity contribution is 5.81. The van der Waals surface area contributed by atoms with Gasteiger partial charge in [-0.05, 0) is 42.3 Å². The monoisotopic (exact) mass is 314 g/mol. The van der Waals surface area contributed by atoms with Gasteiger partial charge in [-0.2, -0.15) is 0 Å². The van der Waals surface area contributed by atoms with E-state index in [1.165, 1.54) is 0 Å². The summed E-state index contributed by atoms with van der Waals surface area (Å²) in [7, 11) is 3.23. The number of hydrogen-bond donors (Lipinski definition) is 2. The summed E-state index contributed by atoms with van der Waals surface area (Å²) in [6, 6.07) is 13.4. The lowest BCUT2D eigenvalue weighted by Crippen LogP contribution is -2.29. The Morgan fingerprint density at radius 1 is 1.09 bits per heavy atom. The quantitative estimate of drug-likeness (QED) is 0.825. The van der Waals surface area contributed by atoms with Gasteiger partial charge in [0.2, 0.25) is 5.91 Å². The zero-order chi connectivity index (χ0) is 16.7. The fourth-order valence-corrected chi connectivity index (χ4v) is 2.18. The van der Waals surface area contributed by atoms with Crippen LogP contribution in [-0.2, 0) is 11.3 Å². The number of aryl methyl sites for hydroxylation is 1. The predicted octanol–water partition coefficient (Wildman–Crippen LogP) is 2.74. The minimum atomic E-state index is -0.0867. The normalized spacial score (nSPS) is 10.0. The van der Waals surface area contributed by atoms with E-state index in [4.69, 9.17) is 9.47 Å². The Kier molecular flexibility index (Phi) is 5.86. The number of benzene rings is 2. The van der Waals surface area contributed by atoms with Gasteiger partial charge < -0.3 is 20.1 Å². The lowest BCUT2D eigenvalue weighted by atomic mass is 10.2. The van der Waals surface area contributed by atoms with Crippen LogP contribution in [0.5, 0.6) is 11.5 Å². The lowest BCUT2D eigenvalue weighted by molar-refractivity contribution is -0.119. The van der Waals surface area contributed by atoms with Crippen molar-refractivity contribution in [2.45, 2.75) is 13.5 Å². The maximum absolute atomic E-state index is 12.0. The number of ether oxygens (including phenoxy) is 2. The van der Waals surface area contributed by atoms with Gasteiger partial charge in [0.25, 0.3) is 0 Å². The van der Waals surface area contributed by atoms with E-state index in [0.717, 1.165) is 28.3 Å². The Balaban J connectivity index is 1.86. The van der Waals surface area contributed by atoms with Gasteiger partial charge in [-0.15, -0.1) is 0 Å². The average molecular weight is 314 g/mol. The third kappa shape index (κ3) is 4.92. The molecule has 0 aliphatic rings. The smallest absolute Gasteiger partial charge is 0.239 e. The molecule has 2 aromatic carbocycles. The van der Waals surface area contributed by atoms with Gasteiger partial charge in [0.15, 0.2) is 0 Å². The molecule has 0 aliphatic heterocycles. The second-order valence-corrected chi connectivity index (χ2v) is 5.19. The third-order valence-electron chi connectivity index (χ3n) is 3.42. The van der Waals surface area contributed by atoms with Crippen molar-refractivity contribution in [3.05, 3.63) is 53.6 Å². The molecule has 0 atom stereocenters. The zero-order valence-electron chi connectivity index (χ0n) is 13.7. The summed E-state index contributed by atoms with van der Waals surface area (Å²) in [4.78, 5) is 12.0. The van der Waals surface area contributed by atoms with E-state index in [1.54, 1.807) is 14.2 Å². The summed E-state index contributed by atoms with van der Waals surface area (Å²) in [5.74, 6) is 1.41. The summed E-state index contributed by atoms with van der Waals surface area (Å²) in [6.07, 6.45) is 0. The molecule has 0 heterocycles. The highest BCUT2D eigenvalue weighted by atomic mass is 16.5. The summed E-state index contributed by atoms with van der Waals surface area (Å²) >= 11 is 0. The van der Waals surface area contributed by atoms with Crippen LogP contribution in [-0.4, -0.2) is 26.7 Å². The SMILES string of the molecule is COc1cccc(CNC(=O)CNc2cc(C)ccc2OC)c1. The fraction of sp³-hybridized carbons (Fsp3) is 0.278. The largest absolute Gasteiger partial charge is 0.497 e. The van der Waals surface area contributed by atoms with E-state index in [2.05, 4.69) is 10.6 Å². The van der Waals surface area contributed by atoms with E-state index < -0.39 is 0 Å². The van der Waals surface area contributed by atoms with Crippen molar-refractivity contribution >= 4 is 11.6 Å². The molecule has 0 saturated carbocycles. The molecule has 0 fully saturated rings. The topological polar surface area (TPSA) is 59.6 Å². The minimum absolute atomic E-state index is 0.0867. The van der Waals surface area contributed by atoms with E-state index in [0.29, 0.717) is 6.54 Å². The Hall–Kier alpha value is -2.69. The van der Waals surface area contributed by atoms with Gasteiger partial charge >= 0.3 is 0 Å². The van der Waals surface area contributed by atoms with E-state index in [9.17, 15) is 4.79 Å². The standard InChI is InChI=1S/C18H22N2O3/c1-13-7-8-17(23-3)16(9-13)19-12-18(21)20-11-14-5-4-6-15(10-14)22-2/h4-10,19H,11-12H2,1-3H3,(H,20,21). The molecule has 0 radical (unpaired) electrons. The summed E-state index contributed by atoms with van der Waals surface area (Å²) in [6.45, 7) is 2.64. The van der Waals surface area contributed by atoms with Gasteiger partial charge in [0.05, 0.1) is 26.5 Å². The summed E-state index contributed by atoms with van der Waals surface area (Å²) < 4.78 is 10.4. The maximum Gasteiger partial charge on any atom is 0.239 e. The van der Waals surface area contributed by atoms with Crippen molar-refractivity contribution in [1.82, 2.24) is 5.32 Å². The van der Waals surface area contributed by atoms with Crippen LogP contribution in [0.3, 0.4) is 0 Å². The second kappa shape index (κ2) is 8.08. The van der Waals surface area contributed by atoms with Crippen LogP contribution in [0.1, 0.15) is 11.1 Å². The number of amides is 1. The number of hydrogen-bond acceptors (Lipinski definition) is 4. The molecule has 0 bridgehead atoms. The molecule has 0 saturated heterocycles. The highest BCUT2D eigenvalue weighted by Gasteiger charge is 2.06. The summed E-state index contributed by atoms with van der Waals surface area (Å²) in [5, 5.41) is 5.98. The number of rotatable bonds is 7. The molecule has 0 aliphatic carbocycles. The van der Waals surface area contributed by atoms with Gasteiger partial charge in [0.1, 0.15) is 11.5 Å². The highest BCUT2D eigenvalue weighted by Crippen LogP contribution is 2.24. The first-order valence-electron chi connectivity index (χ1n) is 7.40. The number of carbonyl (C=O) groups is 1. The van der Waals surface area contributed by atoms with Crippen LogP contribution >= 0.6 is 0 Å². The van der Waals surface area contributed by atoms with Crippen LogP contribution in [0.15, 0.2) is 42.5 Å². The Labute approximate surface area is 136 Å². The van der Waals surface area contributed by atoms with Gasteiger partial charge in [0, 0.05) is 6.54 Å². The van der Waals surface area contributed by atoms with Crippen molar-refractivity contribution in [1.29, 1.82) is 0 Å². The Morgan fingerprint density at radius 2 is 1.91 bits per heavy atom. The van der Waals surface area contributed by atoms with E-state index >= 15 is 0 Å². The molecule has 0 spiro atoms. The molecule has 2 aromatic rings. The average Bonchev–Trinajstić information content (AvgIpc) is 2.58. The molecule has 0 unspecified atom stereocenters. The molecule has 1 amide bonds. The molecule has 23 heavy (non-hydrogen) atoms. The zero-order valence-corrected chi connectivity index (χ0v) is 13.7. The van der Waals surface area contributed by atoms with Crippen molar-refractivity contribution in [2.24, 2.45) is 0 Å². The first-order valence-corrected chi connectivity index (χ1v) is 7.40. The van der Waals surface area contributed by atoms with Crippen molar-refractivity contribution in [3.63, 3.8) is 0 Å². The fourth-order valence-electron chi connectivity index (χ4n) is 2.18. The van der Waals surface area contributed by atoms with E-state index in [-0.39, 0.29) is 12.5 Å². The molecule has 2 rings (SSSR count). The van der Waals surface area contributed by atoms with Crippen LogP contribution in [0.4, 0.5) is 5.69 Å². The molecular weight excluding hydrogens is 292 g/mol. The number of methoxy groups -OCH3 is 2. The lowest BCUT2D eigenvalue weighted by Gasteiger charge is -2.12. The van der Waals surface area contributed by atoms with Gasteiger partial charge in [-0.3, -0.25) is 4.79 Å². The van der Waals surface area contributed by atoms with Gasteiger partial charge in [-0.25, -0.2) is 0 Å². The molecule has 5 nitrogen and oxygen atoms in total. The Morgan fingerprint density at radius 3 is 2.65 bits per heavy atom. The minimum Gasteiger partial charge on any atom is -0.497 e. The first kappa shape index (κ1) is 16.7. The molecule has 5 heteroatoms. The number of nitrogens with one attached hydrogen (secondary N) is 2. The van der Waals surface area contributed by atoms with Crippen LogP contribution in [0, 0.1) is 6.92 Å². The van der Waals surface area contributed by atoms with E-state index in [1.807, 2.05) is 49.4 Å². The molecule has 122 valence electrons. The third-order valence-corrected chi connectivity index (χ3v) is 3.42. The first-order chi connectivity index (χ1) is 11.1. The second-order valence-electron chi connectivity index (χ2n) is 5.19. The van der Waals surface area contributed by atoms with Crippen LogP contribution in [0.25, 0.3) is 0 Å². The van der Waals surface area contributed by atoms with Crippen molar-refractivity contribution < 1.29 is 14.3 Å². The maximum atomic E-state index is 12.0. The number of carbonyl (C=O) groups excluding carboxylic acids is 1. The molecular formula is C18H22N2O3. The van der Waals surface area contributed by atoms with Crippen LogP contribution < -0.4 is 20.1 Å². The summed E-state index contributed by atoms with van der Waals surface area (Å²) in [5.41, 5.74) is 2.90. The molecule has 2 N–H and O–H groups in total. The molecule has 0 aromatic heterocycles. The predicted molar refractivity (Wildman–Crippen MR) is 91.1 cm³/mol. The van der Waals surface area contributed by atoms with Crippen LogP contribution in [0.2, 0.25) is 0 Å². The number of anilines is 1. The Bertz CT molecular complexity index is 671. The van der Waals surface area contributed by atoms with Crippen molar-refractivity contribution in [2.75, 3.05) is 26.1 Å². The van der Waals surface area contributed by atoms with Gasteiger partial charge in [-0.1, -0.05) is 18.2 Å².